The number of carbonyl (C=O) groups excluding carboxylic acids is 1. The number of ketones is 1. The van der Waals surface area contributed by atoms with Gasteiger partial charge in [0.15, 0.2) is 5.78 Å². The van der Waals surface area contributed by atoms with Crippen molar-refractivity contribution in [2.45, 2.75) is 33.7 Å². The Bertz CT molecular complexity index is 1400. The molecule has 8 heteroatoms. The molecule has 1 aliphatic heterocycles. The average molecular weight is 694 g/mol. The molecule has 0 bridgehead atoms. The summed E-state index contributed by atoms with van der Waals surface area (Å²) in [6.07, 6.45) is 6.46. The van der Waals surface area contributed by atoms with Gasteiger partial charge >= 0.3 is 0 Å². The van der Waals surface area contributed by atoms with Crippen LogP contribution in [0.3, 0.4) is 0 Å². The summed E-state index contributed by atoms with van der Waals surface area (Å²) < 4.78 is 0. The van der Waals surface area contributed by atoms with Gasteiger partial charge in [-0.15, -0.1) is 0 Å². The molecule has 0 radical (unpaired) electrons. The summed E-state index contributed by atoms with van der Waals surface area (Å²) in [6.45, 7) is 14.1. The smallest absolute Gasteiger partial charge is 0.178 e. The molecule has 1 fully saturated rings. The van der Waals surface area contributed by atoms with Crippen molar-refractivity contribution in [3.63, 3.8) is 0 Å². The number of nitrogens with zero attached hydrogens (tertiary/aromatic N) is 2. The lowest BCUT2D eigenvalue weighted by atomic mass is 9.76. The summed E-state index contributed by atoms with van der Waals surface area (Å²) >= 11 is 8.29. The average Bonchev–Trinajstić information content (AvgIpc) is 3.07. The number of thioether (sulfide) groups is 4. The molecule has 46 heavy (non-hydrogen) atoms. The van der Waals surface area contributed by atoms with E-state index in [0.717, 1.165) is 57.8 Å². The molecule has 1 N–H and O–H groups in total. The minimum atomic E-state index is 0.0940. The first-order valence-electron chi connectivity index (χ1n) is 17.0. The SMILES string of the molecule is CCSCCSCCN(CCSCCSCC)Cc1ccc(C2=C3C=CC(=O)C=C3Cc3cc(N4CCNCC4)ccc32)c(C)c1. The molecule has 3 aliphatic rings. The Morgan fingerprint density at radius 2 is 1.48 bits per heavy atom. The van der Waals surface area contributed by atoms with Crippen LogP contribution in [0.5, 0.6) is 0 Å². The molecular formula is C38H51N3OS4. The van der Waals surface area contributed by atoms with Crippen LogP contribution in [0.25, 0.3) is 5.57 Å². The Kier molecular flexibility index (Phi) is 14.6. The number of nitrogens with one attached hydrogen (secondary N) is 1. The van der Waals surface area contributed by atoms with Gasteiger partial charge < -0.3 is 10.2 Å². The maximum absolute atomic E-state index is 12.5. The molecule has 1 heterocycles. The highest BCUT2D eigenvalue weighted by Gasteiger charge is 2.27. The lowest BCUT2D eigenvalue weighted by molar-refractivity contribution is -0.110. The van der Waals surface area contributed by atoms with Crippen LogP contribution in [0.4, 0.5) is 5.69 Å². The van der Waals surface area contributed by atoms with E-state index in [0.29, 0.717) is 0 Å². The quantitative estimate of drug-likeness (QED) is 0.160. The summed E-state index contributed by atoms with van der Waals surface area (Å²) in [5.74, 6) is 9.91. The molecule has 0 unspecified atom stereocenters. The first kappa shape index (κ1) is 35.7. The number of anilines is 1. The Morgan fingerprint density at radius 3 is 2.15 bits per heavy atom. The summed E-state index contributed by atoms with van der Waals surface area (Å²) in [4.78, 5) is 17.6. The Labute approximate surface area is 295 Å². The van der Waals surface area contributed by atoms with Gasteiger partial charge in [0.25, 0.3) is 0 Å². The van der Waals surface area contributed by atoms with Crippen molar-refractivity contribution in [2.75, 3.05) is 90.2 Å². The maximum atomic E-state index is 12.5. The number of rotatable bonds is 18. The monoisotopic (exact) mass is 693 g/mol. The lowest BCUT2D eigenvalue weighted by Gasteiger charge is -2.32. The van der Waals surface area contributed by atoms with Crippen LogP contribution >= 0.6 is 47.0 Å². The van der Waals surface area contributed by atoms with Gasteiger partial charge in [0.05, 0.1) is 0 Å². The van der Waals surface area contributed by atoms with Crippen LogP contribution in [0.1, 0.15) is 41.7 Å². The van der Waals surface area contributed by atoms with E-state index in [4.69, 9.17) is 0 Å². The zero-order chi connectivity index (χ0) is 32.1. The topological polar surface area (TPSA) is 35.6 Å². The second kappa shape index (κ2) is 18.8. The van der Waals surface area contributed by atoms with Crippen LogP contribution in [0.2, 0.25) is 0 Å². The van der Waals surface area contributed by atoms with Crippen LogP contribution in [-0.2, 0) is 17.8 Å². The molecule has 5 rings (SSSR count). The number of carbonyl (C=O) groups is 1. The van der Waals surface area contributed by atoms with Crippen molar-refractivity contribution in [1.29, 1.82) is 0 Å². The van der Waals surface area contributed by atoms with E-state index in [1.165, 1.54) is 90.7 Å². The third-order valence-electron chi connectivity index (χ3n) is 8.79. The van der Waals surface area contributed by atoms with E-state index < -0.39 is 0 Å². The highest BCUT2D eigenvalue weighted by molar-refractivity contribution is 8.03. The number of hydrogen-bond donors (Lipinski definition) is 1. The molecule has 2 aromatic rings. The highest BCUT2D eigenvalue weighted by Crippen LogP contribution is 2.42. The van der Waals surface area contributed by atoms with E-state index in [1.807, 2.05) is 29.6 Å². The molecular weight excluding hydrogens is 643 g/mol. The second-order valence-corrected chi connectivity index (χ2v) is 17.2. The molecule has 0 spiro atoms. The van der Waals surface area contributed by atoms with Gasteiger partial charge in [0.1, 0.15) is 0 Å². The summed E-state index contributed by atoms with van der Waals surface area (Å²) in [5.41, 5.74) is 11.5. The molecule has 0 amide bonds. The molecule has 248 valence electrons. The Hall–Kier alpha value is -1.55. The lowest BCUT2D eigenvalue weighted by Crippen LogP contribution is -2.43. The minimum Gasteiger partial charge on any atom is -0.369 e. The van der Waals surface area contributed by atoms with E-state index >= 15 is 0 Å². The summed E-state index contributed by atoms with van der Waals surface area (Å²) in [6, 6.07) is 14.1. The summed E-state index contributed by atoms with van der Waals surface area (Å²) in [7, 11) is 0. The van der Waals surface area contributed by atoms with Gasteiger partial charge in [-0.1, -0.05) is 44.2 Å². The second-order valence-electron chi connectivity index (χ2n) is 12.0. The largest absolute Gasteiger partial charge is 0.369 e. The number of benzene rings is 2. The third-order valence-corrected chi connectivity index (χ3v) is 13.0. The Morgan fingerprint density at radius 1 is 0.804 bits per heavy atom. The normalized spacial score (nSPS) is 16.2. The van der Waals surface area contributed by atoms with Crippen LogP contribution in [-0.4, -0.2) is 96.0 Å². The molecule has 1 saturated heterocycles. The molecule has 4 nitrogen and oxygen atoms in total. The van der Waals surface area contributed by atoms with Gasteiger partial charge in [-0.3, -0.25) is 9.69 Å². The zero-order valence-corrected chi connectivity index (χ0v) is 31.2. The van der Waals surface area contributed by atoms with Crippen molar-refractivity contribution in [1.82, 2.24) is 10.2 Å². The predicted molar refractivity (Wildman–Crippen MR) is 211 cm³/mol. The van der Waals surface area contributed by atoms with Gasteiger partial charge in [-0.25, -0.2) is 0 Å². The fourth-order valence-electron chi connectivity index (χ4n) is 6.44. The van der Waals surface area contributed by atoms with Crippen molar-refractivity contribution in [2.24, 2.45) is 0 Å². The van der Waals surface area contributed by atoms with Gasteiger partial charge in [0.2, 0.25) is 0 Å². The van der Waals surface area contributed by atoms with Crippen LogP contribution < -0.4 is 10.2 Å². The number of allylic oxidation sites excluding steroid dienone is 5. The van der Waals surface area contributed by atoms with Crippen LogP contribution in [0.15, 0.2) is 65.8 Å². The summed E-state index contributed by atoms with van der Waals surface area (Å²) in [5, 5.41) is 3.47. The third kappa shape index (κ3) is 9.99. The van der Waals surface area contributed by atoms with Gasteiger partial charge in [-0.05, 0) is 93.7 Å². The first-order valence-corrected chi connectivity index (χ1v) is 21.6. The molecule has 0 atom stereocenters. The molecule has 0 aromatic heterocycles. The van der Waals surface area contributed by atoms with E-state index in [9.17, 15) is 4.79 Å². The molecule has 2 aromatic carbocycles. The van der Waals surface area contributed by atoms with E-state index in [-0.39, 0.29) is 5.78 Å². The van der Waals surface area contributed by atoms with Crippen molar-refractivity contribution in [3.8, 4) is 0 Å². The number of piperazine rings is 1. The van der Waals surface area contributed by atoms with Crippen molar-refractivity contribution >= 4 is 64.1 Å². The Balaban J connectivity index is 1.35. The maximum Gasteiger partial charge on any atom is 0.178 e. The number of aryl methyl sites for hydroxylation is 1. The molecule has 2 aliphatic carbocycles. The first-order chi connectivity index (χ1) is 22.6. The minimum absolute atomic E-state index is 0.0940. The van der Waals surface area contributed by atoms with E-state index in [2.05, 4.69) is 102 Å². The van der Waals surface area contributed by atoms with Gasteiger partial charge in [0, 0.05) is 86.0 Å². The number of hydrogen-bond acceptors (Lipinski definition) is 8. The van der Waals surface area contributed by atoms with Gasteiger partial charge in [-0.2, -0.15) is 47.0 Å². The molecule has 0 saturated carbocycles. The number of fused-ring (bicyclic) bond motifs is 2. The fourth-order valence-corrected chi connectivity index (χ4v) is 10.1. The predicted octanol–water partition coefficient (Wildman–Crippen LogP) is 7.60. The highest BCUT2D eigenvalue weighted by atomic mass is 32.2. The van der Waals surface area contributed by atoms with Crippen LogP contribution in [0, 0.1) is 6.92 Å². The van der Waals surface area contributed by atoms with E-state index in [1.54, 1.807) is 6.08 Å². The standard InChI is InChI=1S/C38H51N3OS4/c1-4-43-20-22-45-18-16-40(17-19-46-23-21-44-5-2)28-30-6-9-35(29(3)24-30)38-36-10-7-33(41-14-12-39-13-15-41)26-31(36)25-32-27-34(42)8-11-37(32)38/h6-11,24,26-27,39H,4-5,12-23,25,28H2,1-3H3. The zero-order valence-electron chi connectivity index (χ0n) is 27.9. The van der Waals surface area contributed by atoms with Crippen molar-refractivity contribution < 1.29 is 4.79 Å². The van der Waals surface area contributed by atoms with Crippen molar-refractivity contribution in [3.05, 3.63) is 93.6 Å². The fraction of sp³-hybridized carbons (Fsp3) is 0.500.